The van der Waals surface area contributed by atoms with Gasteiger partial charge >= 0.3 is 6.09 Å². The molecule has 0 radical (unpaired) electrons. The molecule has 180 valence electrons. The summed E-state index contributed by atoms with van der Waals surface area (Å²) in [5.41, 5.74) is 3.22. The lowest BCUT2D eigenvalue weighted by atomic mass is 9.86. The second-order valence-corrected chi connectivity index (χ2v) is 11.0. The molecule has 0 saturated heterocycles. The summed E-state index contributed by atoms with van der Waals surface area (Å²) in [6, 6.07) is 8.23. The highest BCUT2D eigenvalue weighted by Gasteiger charge is 2.42. The summed E-state index contributed by atoms with van der Waals surface area (Å²) in [5.74, 6) is -0.321. The Morgan fingerprint density at radius 2 is 2.03 bits per heavy atom. The highest BCUT2D eigenvalue weighted by molar-refractivity contribution is 8.14. The molecule has 0 fully saturated rings. The molecular formula is C25H27ClFN3O3S. The lowest BCUT2D eigenvalue weighted by Gasteiger charge is -2.43. The van der Waals surface area contributed by atoms with E-state index in [9.17, 15) is 9.59 Å². The fraction of sp³-hybridized carbons (Fsp3) is 0.320. The van der Waals surface area contributed by atoms with Gasteiger partial charge in [-0.3, -0.25) is 5.32 Å². The van der Waals surface area contributed by atoms with Gasteiger partial charge in [-0.05, 0) is 54.8 Å². The molecule has 3 unspecified atom stereocenters. The van der Waals surface area contributed by atoms with E-state index in [1.165, 1.54) is 6.07 Å². The maximum absolute atomic E-state index is 15.1. The van der Waals surface area contributed by atoms with Crippen molar-refractivity contribution in [2.75, 3.05) is 25.5 Å². The zero-order valence-electron chi connectivity index (χ0n) is 19.7. The van der Waals surface area contributed by atoms with E-state index in [2.05, 4.69) is 5.32 Å². The van der Waals surface area contributed by atoms with Gasteiger partial charge in [-0.25, -0.2) is 13.5 Å². The number of benzene rings is 2. The van der Waals surface area contributed by atoms with E-state index in [0.717, 1.165) is 28.0 Å². The van der Waals surface area contributed by atoms with Gasteiger partial charge in [0.15, 0.2) is 0 Å². The smallest absolute Gasteiger partial charge is 0.413 e. The van der Waals surface area contributed by atoms with E-state index in [1.54, 1.807) is 12.1 Å². The van der Waals surface area contributed by atoms with Crippen LogP contribution in [-0.2, 0) is 9.53 Å². The number of amides is 1. The predicted octanol–water partition coefficient (Wildman–Crippen LogP) is 5.15. The SMILES string of the molecule is Cc1ccc(F)c(C(C)C2C3=CC(=S(c4ccc(Cl)cc4N(C)C)N2CC=O)NC(=O)O3)c1C. The lowest BCUT2D eigenvalue weighted by molar-refractivity contribution is -0.108. The Kier molecular flexibility index (Phi) is 6.85. The average Bonchev–Trinajstić information content (AvgIpc) is 2.77. The number of ether oxygens (including phenoxy) is 1. The van der Waals surface area contributed by atoms with Crippen molar-refractivity contribution in [3.8, 4) is 0 Å². The van der Waals surface area contributed by atoms with Crippen LogP contribution in [0.15, 0.2) is 47.1 Å². The van der Waals surface area contributed by atoms with Gasteiger partial charge in [-0.1, -0.05) is 35.3 Å². The number of carbonyl (C=O) groups excluding carboxylic acids is 2. The topological polar surface area (TPSA) is 61.9 Å². The molecular weight excluding hydrogens is 477 g/mol. The standard InChI is InChI=1S/C25H27ClFN3O3S/c1-14-6-8-18(27)23(15(14)2)16(3)24-20-13-22(28-25(32)33-20)34(30(24)10-11-31)21-9-7-17(26)12-19(21)29(4)5/h6-9,11-13,16,24H,10H2,1-5H3,(H,28,32). The molecule has 0 aliphatic carbocycles. The summed E-state index contributed by atoms with van der Waals surface area (Å²) in [6.45, 7) is 5.80. The Hall–Kier alpha value is -2.68. The molecule has 34 heavy (non-hydrogen) atoms. The molecule has 2 aromatic carbocycles. The van der Waals surface area contributed by atoms with Crippen molar-refractivity contribution in [2.45, 2.75) is 37.6 Å². The molecule has 2 aromatic rings. The maximum Gasteiger partial charge on any atom is 0.417 e. The van der Waals surface area contributed by atoms with Crippen LogP contribution in [0.1, 0.15) is 29.5 Å². The lowest BCUT2D eigenvalue weighted by Crippen LogP contribution is -2.49. The van der Waals surface area contributed by atoms with Gasteiger partial charge < -0.3 is 14.4 Å². The van der Waals surface area contributed by atoms with Gasteiger partial charge in [0.2, 0.25) is 0 Å². The van der Waals surface area contributed by atoms with Crippen molar-refractivity contribution in [1.29, 1.82) is 0 Å². The molecule has 9 heteroatoms. The van der Waals surface area contributed by atoms with Crippen LogP contribution in [0, 0.1) is 19.7 Å². The van der Waals surface area contributed by atoms with Gasteiger partial charge in [0.25, 0.3) is 0 Å². The van der Waals surface area contributed by atoms with Crippen molar-refractivity contribution in [3.05, 3.63) is 69.7 Å². The second-order valence-electron chi connectivity index (χ2n) is 8.62. The molecule has 0 spiro atoms. The second kappa shape index (κ2) is 9.52. The molecule has 0 saturated carbocycles. The Balaban J connectivity index is 1.95. The van der Waals surface area contributed by atoms with Crippen LogP contribution in [-0.4, -0.2) is 48.4 Å². The Labute approximate surface area is 206 Å². The number of carbonyl (C=O) groups is 2. The van der Waals surface area contributed by atoms with E-state index >= 15 is 4.39 Å². The van der Waals surface area contributed by atoms with Crippen LogP contribution in [0.3, 0.4) is 0 Å². The minimum Gasteiger partial charge on any atom is -0.413 e. The Morgan fingerprint density at radius 1 is 1.29 bits per heavy atom. The van der Waals surface area contributed by atoms with Crippen LogP contribution in [0.5, 0.6) is 0 Å². The summed E-state index contributed by atoms with van der Waals surface area (Å²) in [6.07, 6.45) is 2.05. The summed E-state index contributed by atoms with van der Waals surface area (Å²) in [4.78, 5) is 27.9. The first-order valence-corrected chi connectivity index (χ1v) is 12.4. The number of aryl methyl sites for hydroxylation is 1. The zero-order chi connectivity index (χ0) is 24.7. The van der Waals surface area contributed by atoms with Crippen LogP contribution in [0.4, 0.5) is 14.9 Å². The molecule has 1 amide bonds. The van der Waals surface area contributed by atoms with Crippen LogP contribution >= 0.6 is 22.3 Å². The molecule has 0 aromatic heterocycles. The number of nitrogens with zero attached hydrogens (tertiary/aromatic N) is 2. The summed E-state index contributed by atoms with van der Waals surface area (Å²) in [5, 5.41) is 3.38. The first-order valence-electron chi connectivity index (χ1n) is 10.9. The van der Waals surface area contributed by atoms with Crippen molar-refractivity contribution in [2.24, 2.45) is 0 Å². The third-order valence-corrected chi connectivity index (χ3v) is 8.76. The number of rotatable bonds is 6. The molecule has 2 aliphatic rings. The summed E-state index contributed by atoms with van der Waals surface area (Å²) >= 11 is 6.29. The average molecular weight is 504 g/mol. The normalized spacial score (nSPS) is 20.9. The highest BCUT2D eigenvalue weighted by atomic mass is 35.5. The van der Waals surface area contributed by atoms with Crippen molar-refractivity contribution < 1.29 is 18.7 Å². The first-order chi connectivity index (χ1) is 16.1. The van der Waals surface area contributed by atoms with Gasteiger partial charge in [-0.15, -0.1) is 0 Å². The predicted molar refractivity (Wildman–Crippen MR) is 135 cm³/mol. The minimum atomic E-state index is -0.849. The van der Waals surface area contributed by atoms with Crippen LogP contribution in [0.2, 0.25) is 5.02 Å². The molecule has 3 atom stereocenters. The quantitative estimate of drug-likeness (QED) is 0.436. The Bertz CT molecular complexity index is 1240. The van der Waals surface area contributed by atoms with E-state index in [4.69, 9.17) is 16.3 Å². The van der Waals surface area contributed by atoms with Crippen molar-refractivity contribution in [3.63, 3.8) is 0 Å². The molecule has 2 heterocycles. The van der Waals surface area contributed by atoms with Gasteiger partial charge in [0, 0.05) is 36.0 Å². The number of anilines is 1. The van der Waals surface area contributed by atoms with E-state index < -0.39 is 28.7 Å². The van der Waals surface area contributed by atoms with Gasteiger partial charge in [0.1, 0.15) is 17.9 Å². The number of fused-ring (bicyclic) bond motifs is 1. The largest absolute Gasteiger partial charge is 0.417 e. The van der Waals surface area contributed by atoms with E-state index in [0.29, 0.717) is 21.3 Å². The molecule has 2 aliphatic heterocycles. The third-order valence-electron chi connectivity index (χ3n) is 6.28. The third kappa shape index (κ3) is 4.26. The number of halogens is 2. The minimum absolute atomic E-state index is 0.0696. The number of alkyl carbamates (subject to hydrolysis) is 1. The molecule has 1 N–H and O–H groups in total. The molecule has 2 bridgehead atoms. The number of hydrogen-bond donors (Lipinski definition) is 1. The maximum atomic E-state index is 15.1. The fourth-order valence-electron chi connectivity index (χ4n) is 4.59. The van der Waals surface area contributed by atoms with E-state index in [1.807, 2.05) is 62.3 Å². The van der Waals surface area contributed by atoms with Gasteiger partial charge in [0.05, 0.1) is 23.3 Å². The van der Waals surface area contributed by atoms with Gasteiger partial charge in [-0.2, -0.15) is 0 Å². The van der Waals surface area contributed by atoms with Crippen molar-refractivity contribution >= 4 is 45.3 Å². The van der Waals surface area contributed by atoms with Crippen LogP contribution in [0.25, 0.3) is 0 Å². The van der Waals surface area contributed by atoms with Crippen molar-refractivity contribution in [1.82, 2.24) is 9.62 Å². The first kappa shape index (κ1) is 24.4. The molecule has 6 nitrogen and oxygen atoms in total. The zero-order valence-corrected chi connectivity index (χ0v) is 21.3. The number of nitrogens with one attached hydrogen (secondary N) is 1. The Morgan fingerprint density at radius 3 is 2.71 bits per heavy atom. The van der Waals surface area contributed by atoms with E-state index in [-0.39, 0.29) is 12.4 Å². The monoisotopic (exact) mass is 503 g/mol. The fourth-order valence-corrected chi connectivity index (χ4v) is 7.26. The summed E-state index contributed by atoms with van der Waals surface area (Å²) < 4.78 is 22.7. The number of aldehydes is 1. The molecule has 4 rings (SSSR count). The number of hydrogen-bond acceptors (Lipinski definition) is 5. The highest BCUT2D eigenvalue weighted by Crippen LogP contribution is 2.48. The summed E-state index contributed by atoms with van der Waals surface area (Å²) in [7, 11) is 2.97. The van der Waals surface area contributed by atoms with Crippen LogP contribution < -0.4 is 10.2 Å².